The van der Waals surface area contributed by atoms with Crippen molar-refractivity contribution < 1.29 is 13.2 Å². The molecule has 0 aromatic carbocycles. The molecule has 3 aromatic rings. The number of nitrogens with two attached hydrogens (primary N) is 1. The van der Waals surface area contributed by atoms with Crippen LogP contribution in [0.4, 0.5) is 5.69 Å². The molecule has 1 saturated carbocycles. The van der Waals surface area contributed by atoms with Crippen molar-refractivity contribution in [2.75, 3.05) is 24.7 Å². The normalized spacial score (nSPS) is 27.1. The number of tetrazole rings is 1. The predicted octanol–water partition coefficient (Wildman–Crippen LogP) is -0.0450. The molecular formula is C21H25N9O3S. The lowest BCUT2D eigenvalue weighted by molar-refractivity contribution is 0.100. The molecule has 3 aromatic heterocycles. The van der Waals surface area contributed by atoms with E-state index in [1.165, 1.54) is 21.6 Å². The van der Waals surface area contributed by atoms with Crippen molar-refractivity contribution in [1.82, 2.24) is 34.1 Å². The lowest BCUT2D eigenvalue weighted by Crippen LogP contribution is -2.34. The number of aryl methyl sites for hydroxylation is 1. The third-order valence-corrected chi connectivity index (χ3v) is 8.39. The Morgan fingerprint density at radius 3 is 2.76 bits per heavy atom. The van der Waals surface area contributed by atoms with E-state index < -0.39 is 21.3 Å². The largest absolute Gasteiger partial charge is 0.380 e. The van der Waals surface area contributed by atoms with Gasteiger partial charge in [-0.05, 0) is 29.5 Å². The van der Waals surface area contributed by atoms with Crippen molar-refractivity contribution in [2.24, 2.45) is 30.0 Å². The zero-order valence-corrected chi connectivity index (χ0v) is 19.8. The van der Waals surface area contributed by atoms with E-state index in [1.54, 1.807) is 17.8 Å². The first kappa shape index (κ1) is 22.3. The van der Waals surface area contributed by atoms with Crippen LogP contribution >= 0.6 is 0 Å². The number of nitrogens with zero attached hydrogens (tertiary/aromatic N) is 7. The first-order valence-corrected chi connectivity index (χ1v) is 12.6. The molecule has 1 saturated heterocycles. The molecule has 3 N–H and O–H groups in total. The van der Waals surface area contributed by atoms with Gasteiger partial charge in [-0.15, -0.1) is 16.6 Å². The molecule has 13 heteroatoms. The molecule has 5 rings (SSSR count). The van der Waals surface area contributed by atoms with Gasteiger partial charge in [0, 0.05) is 30.9 Å². The number of primary amides is 1. The summed E-state index contributed by atoms with van der Waals surface area (Å²) < 4.78 is 27.4. The number of hydrogen-bond donors (Lipinski definition) is 2. The number of carbonyl (C=O) groups is 1. The van der Waals surface area contributed by atoms with Gasteiger partial charge in [-0.25, -0.2) is 17.2 Å². The molecule has 1 aliphatic heterocycles. The van der Waals surface area contributed by atoms with Crippen LogP contribution in [-0.4, -0.2) is 73.8 Å². The Hall–Kier alpha value is -3.50. The fourth-order valence-corrected chi connectivity index (χ4v) is 6.28. The van der Waals surface area contributed by atoms with Crippen molar-refractivity contribution >= 4 is 27.1 Å². The molecule has 2 aliphatic rings. The van der Waals surface area contributed by atoms with Gasteiger partial charge in [0.1, 0.15) is 0 Å². The molecular weight excluding hydrogens is 458 g/mol. The molecule has 34 heavy (non-hydrogen) atoms. The van der Waals surface area contributed by atoms with Gasteiger partial charge in [0.05, 0.1) is 41.7 Å². The van der Waals surface area contributed by atoms with Crippen LogP contribution in [-0.2, 0) is 17.1 Å². The number of anilines is 1. The summed E-state index contributed by atoms with van der Waals surface area (Å²) in [6.45, 7) is 2.73. The Bertz CT molecular complexity index is 1450. The van der Waals surface area contributed by atoms with Gasteiger partial charge < -0.3 is 11.1 Å². The number of sulfonamides is 1. The maximum Gasteiger partial charge on any atom is 0.252 e. The molecule has 4 heterocycles. The molecule has 1 amide bonds. The minimum Gasteiger partial charge on any atom is -0.380 e. The van der Waals surface area contributed by atoms with Gasteiger partial charge in [-0.1, -0.05) is 12.8 Å². The van der Waals surface area contributed by atoms with Crippen molar-refractivity contribution in [3.63, 3.8) is 0 Å². The van der Waals surface area contributed by atoms with E-state index in [4.69, 9.17) is 12.2 Å². The first-order valence-electron chi connectivity index (χ1n) is 10.8. The highest BCUT2D eigenvalue weighted by Gasteiger charge is 2.57. The average molecular weight is 484 g/mol. The Morgan fingerprint density at radius 2 is 2.18 bits per heavy atom. The van der Waals surface area contributed by atoms with Crippen LogP contribution in [0.15, 0.2) is 18.5 Å². The molecule has 2 fully saturated rings. The van der Waals surface area contributed by atoms with Crippen LogP contribution < -0.4 is 11.1 Å². The summed E-state index contributed by atoms with van der Waals surface area (Å²) in [5, 5.41) is 20.0. The molecule has 4 unspecified atom stereocenters. The molecule has 0 bridgehead atoms. The van der Waals surface area contributed by atoms with Crippen LogP contribution in [0.2, 0.25) is 0 Å². The Morgan fingerprint density at radius 1 is 1.41 bits per heavy atom. The first-order chi connectivity index (χ1) is 16.0. The minimum atomic E-state index is -3.34. The zero-order valence-electron chi connectivity index (χ0n) is 19.0. The van der Waals surface area contributed by atoms with Crippen molar-refractivity contribution in [3.05, 3.63) is 24.0 Å². The summed E-state index contributed by atoms with van der Waals surface area (Å²) >= 11 is 0. The van der Waals surface area contributed by atoms with Gasteiger partial charge in [0.15, 0.2) is 0 Å². The molecule has 178 valence electrons. The Kier molecular flexibility index (Phi) is 4.92. The van der Waals surface area contributed by atoms with Crippen LogP contribution in [0.1, 0.15) is 23.7 Å². The highest BCUT2D eigenvalue weighted by molar-refractivity contribution is 7.88. The van der Waals surface area contributed by atoms with E-state index in [0.29, 0.717) is 35.6 Å². The third-order valence-electron chi connectivity index (χ3n) is 7.18. The fraction of sp³-hybridized carbons (Fsp3) is 0.476. The highest BCUT2D eigenvalue weighted by atomic mass is 32.2. The molecule has 0 radical (unpaired) electrons. The summed E-state index contributed by atoms with van der Waals surface area (Å²) in [6.07, 6.45) is 10.9. The molecule has 4 atom stereocenters. The number of carbonyl (C=O) groups excluding carboxylic acids is 1. The van der Waals surface area contributed by atoms with Crippen molar-refractivity contribution in [2.45, 2.75) is 19.4 Å². The fourth-order valence-electron chi connectivity index (χ4n) is 5.38. The van der Waals surface area contributed by atoms with E-state index >= 15 is 0 Å². The molecule has 1 aliphatic carbocycles. The summed E-state index contributed by atoms with van der Waals surface area (Å²) in [5.74, 6) is 2.76. The van der Waals surface area contributed by atoms with E-state index in [9.17, 15) is 13.2 Å². The van der Waals surface area contributed by atoms with Crippen LogP contribution in [0.5, 0.6) is 0 Å². The summed E-state index contributed by atoms with van der Waals surface area (Å²) in [7, 11) is -1.66. The number of rotatable bonds is 5. The maximum atomic E-state index is 12.3. The number of nitrogens with one attached hydrogen (secondary N) is 1. The van der Waals surface area contributed by atoms with Crippen LogP contribution in [0.25, 0.3) is 16.9 Å². The summed E-state index contributed by atoms with van der Waals surface area (Å²) in [4.78, 5) is 13.6. The number of aromatic nitrogens is 6. The Labute approximate surface area is 196 Å². The van der Waals surface area contributed by atoms with E-state index in [-0.39, 0.29) is 30.0 Å². The lowest BCUT2D eigenvalue weighted by atomic mass is 9.79. The monoisotopic (exact) mass is 483 g/mol. The van der Waals surface area contributed by atoms with E-state index in [1.807, 2.05) is 6.07 Å². The number of hydrogen-bond acceptors (Lipinski definition) is 8. The number of terminal acetylenes is 1. The maximum absolute atomic E-state index is 12.3. The second kappa shape index (κ2) is 7.51. The number of amides is 1. The quantitative estimate of drug-likeness (QED) is 0.479. The van der Waals surface area contributed by atoms with Crippen molar-refractivity contribution in [1.29, 1.82) is 0 Å². The molecule has 12 nitrogen and oxygen atoms in total. The van der Waals surface area contributed by atoms with Crippen molar-refractivity contribution in [3.8, 4) is 23.7 Å². The van der Waals surface area contributed by atoms with Gasteiger partial charge >= 0.3 is 0 Å². The minimum absolute atomic E-state index is 0.00856. The SMILES string of the molecule is C#CC12CC(Nc3c(C(N)=O)cnn4cc(-c5nnn(C)n5)cc34)C(C)C1CN(S(C)(=O)=O)C2. The van der Waals surface area contributed by atoms with E-state index in [0.717, 1.165) is 0 Å². The molecule has 0 spiro atoms. The van der Waals surface area contributed by atoms with Crippen LogP contribution in [0.3, 0.4) is 0 Å². The van der Waals surface area contributed by atoms with Gasteiger partial charge in [-0.2, -0.15) is 9.90 Å². The Balaban J connectivity index is 1.52. The lowest BCUT2D eigenvalue weighted by Gasteiger charge is -2.25. The van der Waals surface area contributed by atoms with Gasteiger partial charge in [0.2, 0.25) is 15.8 Å². The number of fused-ring (bicyclic) bond motifs is 2. The standard InChI is InChI=1S/C21H25N9O3S/c1-5-21-7-16(12(2)15(21)10-29(11-21)34(4,32)33)24-18-14(19(22)31)8-23-30-9-13(6-17(18)30)20-25-27-28(3)26-20/h1,6,8-9,12,15-16,24H,7,10-11H2,2-4H3,(H2,22,31). The smallest absolute Gasteiger partial charge is 0.252 e. The average Bonchev–Trinajstić information content (AvgIpc) is 3.51. The summed E-state index contributed by atoms with van der Waals surface area (Å²) in [6, 6.07) is 1.72. The zero-order chi connectivity index (χ0) is 24.4. The van der Waals surface area contributed by atoms with Gasteiger partial charge in [-0.3, -0.25) is 4.79 Å². The van der Waals surface area contributed by atoms with Crippen LogP contribution in [0, 0.1) is 29.6 Å². The second-order valence-corrected chi connectivity index (χ2v) is 11.2. The third kappa shape index (κ3) is 3.41. The second-order valence-electron chi connectivity index (χ2n) is 9.24. The van der Waals surface area contributed by atoms with E-state index in [2.05, 4.69) is 38.7 Å². The summed E-state index contributed by atoms with van der Waals surface area (Å²) in [5.41, 5.74) is 7.21. The van der Waals surface area contributed by atoms with Gasteiger partial charge in [0.25, 0.3) is 5.91 Å². The topological polar surface area (TPSA) is 153 Å². The highest BCUT2D eigenvalue weighted by Crippen LogP contribution is 2.52. The predicted molar refractivity (Wildman–Crippen MR) is 124 cm³/mol.